The Morgan fingerprint density at radius 3 is 2.54 bits per heavy atom. The first-order valence-corrected chi connectivity index (χ1v) is 9.70. The summed E-state index contributed by atoms with van der Waals surface area (Å²) in [7, 11) is 0. The van der Waals surface area contributed by atoms with Crippen LogP contribution in [0.15, 0.2) is 64.5 Å². The number of likely N-dealkylation sites (tertiary alicyclic amines) is 1. The van der Waals surface area contributed by atoms with Gasteiger partial charge in [0.2, 0.25) is 0 Å². The average Bonchev–Trinajstić information content (AvgIpc) is 3.04. The lowest BCUT2D eigenvalue weighted by atomic mass is 10.1. The number of hydrogen-bond donors (Lipinski definition) is 0. The third-order valence-corrected chi connectivity index (χ3v) is 5.42. The Bertz CT molecular complexity index is 855. The van der Waals surface area contributed by atoms with Gasteiger partial charge in [-0.15, -0.1) is 0 Å². The highest BCUT2D eigenvalue weighted by atomic mass is 32.2. The zero-order chi connectivity index (χ0) is 17.8. The van der Waals surface area contributed by atoms with E-state index in [1.54, 1.807) is 0 Å². The summed E-state index contributed by atoms with van der Waals surface area (Å²) in [6.45, 7) is 1.99. The second-order valence-corrected chi connectivity index (χ2v) is 7.35. The number of thioether (sulfide) groups is 1. The summed E-state index contributed by atoms with van der Waals surface area (Å²) in [5.74, 6) is 1.39. The number of amidine groups is 1. The van der Waals surface area contributed by atoms with Crippen LogP contribution in [0, 0.1) is 0 Å². The van der Waals surface area contributed by atoms with Gasteiger partial charge in [0.1, 0.15) is 11.5 Å². The number of amides is 1. The van der Waals surface area contributed by atoms with Crippen molar-refractivity contribution in [2.24, 2.45) is 4.99 Å². The van der Waals surface area contributed by atoms with Gasteiger partial charge in [-0.05, 0) is 66.9 Å². The molecule has 0 N–H and O–H groups in total. The van der Waals surface area contributed by atoms with Gasteiger partial charge in [-0.3, -0.25) is 4.79 Å². The van der Waals surface area contributed by atoms with Crippen molar-refractivity contribution in [3.05, 3.63) is 65.1 Å². The monoisotopic (exact) mass is 364 g/mol. The van der Waals surface area contributed by atoms with Crippen LogP contribution >= 0.6 is 11.8 Å². The van der Waals surface area contributed by atoms with E-state index in [4.69, 9.17) is 4.74 Å². The van der Waals surface area contributed by atoms with E-state index < -0.39 is 0 Å². The Hall–Kier alpha value is -2.53. The minimum absolute atomic E-state index is 0.148. The average molecular weight is 364 g/mol. The number of benzene rings is 2. The number of aliphatic imine (C=N–C) groups is 1. The van der Waals surface area contributed by atoms with Crippen molar-refractivity contribution in [2.45, 2.75) is 19.3 Å². The highest BCUT2D eigenvalue weighted by Gasteiger charge is 2.26. The molecular formula is C21H20N2O2S. The van der Waals surface area contributed by atoms with E-state index in [2.05, 4.69) is 9.89 Å². The van der Waals surface area contributed by atoms with Crippen LogP contribution in [-0.2, 0) is 4.79 Å². The number of carbonyl (C=O) groups excluding carboxylic acids is 1. The van der Waals surface area contributed by atoms with Crippen molar-refractivity contribution in [2.75, 3.05) is 13.1 Å². The van der Waals surface area contributed by atoms with Gasteiger partial charge in [0.15, 0.2) is 5.17 Å². The first-order chi connectivity index (χ1) is 12.8. The van der Waals surface area contributed by atoms with Crippen molar-refractivity contribution in [3.63, 3.8) is 0 Å². The molecule has 4 rings (SSSR count). The van der Waals surface area contributed by atoms with Crippen LogP contribution in [0.25, 0.3) is 6.08 Å². The molecule has 4 nitrogen and oxygen atoms in total. The van der Waals surface area contributed by atoms with Crippen molar-refractivity contribution in [1.82, 2.24) is 4.90 Å². The Kier molecular flexibility index (Phi) is 5.07. The zero-order valence-electron chi connectivity index (χ0n) is 14.4. The van der Waals surface area contributed by atoms with Crippen molar-refractivity contribution < 1.29 is 9.53 Å². The van der Waals surface area contributed by atoms with Gasteiger partial charge in [-0.25, -0.2) is 0 Å². The maximum atomic E-state index is 12.3. The number of piperidine rings is 1. The molecular weight excluding hydrogens is 344 g/mol. The van der Waals surface area contributed by atoms with Crippen LogP contribution in [0.3, 0.4) is 0 Å². The van der Waals surface area contributed by atoms with E-state index in [0.29, 0.717) is 4.91 Å². The van der Waals surface area contributed by atoms with Gasteiger partial charge in [-0.1, -0.05) is 30.3 Å². The molecule has 0 saturated carbocycles. The number of para-hydroxylation sites is 1. The summed E-state index contributed by atoms with van der Waals surface area (Å²) in [5, 5.41) is 0.845. The number of nitrogens with zero attached hydrogens (tertiary/aromatic N) is 2. The van der Waals surface area contributed by atoms with E-state index in [1.807, 2.05) is 60.7 Å². The number of rotatable bonds is 3. The molecule has 0 unspecified atom stereocenters. The van der Waals surface area contributed by atoms with Gasteiger partial charge in [0, 0.05) is 13.1 Å². The molecule has 0 atom stereocenters. The predicted molar refractivity (Wildman–Crippen MR) is 106 cm³/mol. The normalized spacial score (nSPS) is 18.9. The van der Waals surface area contributed by atoms with Crippen LogP contribution in [0.5, 0.6) is 11.5 Å². The van der Waals surface area contributed by atoms with Gasteiger partial charge in [-0.2, -0.15) is 4.99 Å². The Labute approximate surface area is 157 Å². The van der Waals surface area contributed by atoms with Gasteiger partial charge < -0.3 is 9.64 Å². The topological polar surface area (TPSA) is 41.9 Å². The quantitative estimate of drug-likeness (QED) is 0.724. The van der Waals surface area contributed by atoms with Crippen LogP contribution in [0.1, 0.15) is 24.8 Å². The number of ether oxygens (including phenoxy) is 1. The summed E-state index contributed by atoms with van der Waals surface area (Å²) in [5.41, 5.74) is 0.935. The minimum atomic E-state index is -0.148. The summed E-state index contributed by atoms with van der Waals surface area (Å²) < 4.78 is 5.87. The number of carbonyl (C=O) groups is 1. The second-order valence-electron chi connectivity index (χ2n) is 6.35. The summed E-state index contributed by atoms with van der Waals surface area (Å²) in [6, 6.07) is 17.4. The predicted octanol–water partition coefficient (Wildman–Crippen LogP) is 4.94. The van der Waals surface area contributed by atoms with Crippen LogP contribution in [0.2, 0.25) is 0 Å². The maximum Gasteiger partial charge on any atom is 0.286 e. The van der Waals surface area contributed by atoms with Crippen LogP contribution < -0.4 is 4.74 Å². The molecule has 1 fully saturated rings. The molecule has 2 aliphatic heterocycles. The lowest BCUT2D eigenvalue weighted by molar-refractivity contribution is -0.113. The third kappa shape index (κ3) is 3.99. The van der Waals surface area contributed by atoms with Gasteiger partial charge in [0.05, 0.1) is 4.91 Å². The maximum absolute atomic E-state index is 12.3. The van der Waals surface area contributed by atoms with Crippen LogP contribution in [-0.4, -0.2) is 29.1 Å². The van der Waals surface area contributed by atoms with Crippen molar-refractivity contribution >= 4 is 28.9 Å². The van der Waals surface area contributed by atoms with E-state index in [-0.39, 0.29) is 5.91 Å². The lowest BCUT2D eigenvalue weighted by Gasteiger charge is -2.27. The minimum Gasteiger partial charge on any atom is -0.457 e. The lowest BCUT2D eigenvalue weighted by Crippen LogP contribution is -2.33. The summed E-state index contributed by atoms with van der Waals surface area (Å²) in [4.78, 5) is 19.4. The molecule has 0 aromatic heterocycles. The van der Waals surface area contributed by atoms with Crippen molar-refractivity contribution in [1.29, 1.82) is 0 Å². The second kappa shape index (κ2) is 7.79. The zero-order valence-corrected chi connectivity index (χ0v) is 15.2. The molecule has 2 aromatic rings. The first-order valence-electron chi connectivity index (χ1n) is 8.88. The molecule has 0 spiro atoms. The Morgan fingerprint density at radius 2 is 1.73 bits per heavy atom. The van der Waals surface area contributed by atoms with Crippen molar-refractivity contribution in [3.8, 4) is 11.5 Å². The highest BCUT2D eigenvalue weighted by Crippen LogP contribution is 2.32. The molecule has 0 aliphatic carbocycles. The molecule has 2 heterocycles. The largest absolute Gasteiger partial charge is 0.457 e. The van der Waals surface area contributed by atoms with E-state index in [0.717, 1.165) is 35.3 Å². The standard InChI is InChI=1S/C21H20N2O2S/c24-20-19(26-21(22-20)23-12-5-2-6-13-23)15-16-8-7-11-18(14-16)25-17-9-3-1-4-10-17/h1,3-4,7-11,14-15H,2,5-6,12-13H2. The SMILES string of the molecule is O=C1N=C(N2CCCCC2)SC1=Cc1cccc(Oc2ccccc2)c1. The van der Waals surface area contributed by atoms with E-state index >= 15 is 0 Å². The molecule has 1 amide bonds. The molecule has 0 bridgehead atoms. The third-order valence-electron chi connectivity index (χ3n) is 4.37. The molecule has 132 valence electrons. The highest BCUT2D eigenvalue weighted by molar-refractivity contribution is 8.18. The fraction of sp³-hybridized carbons (Fsp3) is 0.238. The van der Waals surface area contributed by atoms with Gasteiger partial charge >= 0.3 is 0 Å². The fourth-order valence-electron chi connectivity index (χ4n) is 3.06. The summed E-state index contributed by atoms with van der Waals surface area (Å²) >= 11 is 1.48. The van der Waals surface area contributed by atoms with E-state index in [1.165, 1.54) is 31.0 Å². The fourth-order valence-corrected chi connectivity index (χ4v) is 4.03. The van der Waals surface area contributed by atoms with Gasteiger partial charge in [0.25, 0.3) is 5.91 Å². The molecule has 2 aromatic carbocycles. The van der Waals surface area contributed by atoms with E-state index in [9.17, 15) is 4.79 Å². The molecule has 2 aliphatic rings. The summed E-state index contributed by atoms with van der Waals surface area (Å²) in [6.07, 6.45) is 5.50. The molecule has 1 saturated heterocycles. The smallest absolute Gasteiger partial charge is 0.286 e. The molecule has 5 heteroatoms. The Morgan fingerprint density at radius 1 is 0.962 bits per heavy atom. The molecule has 0 radical (unpaired) electrons. The first kappa shape index (κ1) is 16.9. The Balaban J connectivity index is 1.48. The van der Waals surface area contributed by atoms with Crippen LogP contribution in [0.4, 0.5) is 0 Å². The number of hydrogen-bond acceptors (Lipinski definition) is 4. The molecule has 26 heavy (non-hydrogen) atoms.